The van der Waals surface area contributed by atoms with Crippen molar-refractivity contribution in [2.75, 3.05) is 0 Å². The number of carbonyl (C=O) groups is 1. The van der Waals surface area contributed by atoms with Gasteiger partial charge in [-0.15, -0.1) is 0 Å². The van der Waals surface area contributed by atoms with Crippen molar-refractivity contribution in [2.24, 2.45) is 0 Å². The number of aryl methyl sites for hydroxylation is 1. The van der Waals surface area contributed by atoms with E-state index in [1.54, 1.807) is 0 Å². The van der Waals surface area contributed by atoms with Crippen LogP contribution in [0.1, 0.15) is 52.2 Å². The number of nitrogens with one attached hydrogen (secondary N) is 1. The van der Waals surface area contributed by atoms with E-state index in [1.165, 1.54) is 11.1 Å². The van der Waals surface area contributed by atoms with Crippen LogP contribution < -0.4 is 5.32 Å². The number of hydrogen-bond acceptors (Lipinski definition) is 3. The maximum atomic E-state index is 11.6. The number of carbonyl (C=O) groups excluding carboxylic acids is 1. The lowest BCUT2D eigenvalue weighted by Gasteiger charge is -2.19. The normalized spacial score (nSPS) is 11.7. The zero-order valence-electron chi connectivity index (χ0n) is 13.3. The quantitative estimate of drug-likeness (QED) is 0.809. The number of rotatable bonds is 6. The molecule has 0 aliphatic heterocycles. The summed E-state index contributed by atoms with van der Waals surface area (Å²) in [7, 11) is 0. The highest BCUT2D eigenvalue weighted by molar-refractivity contribution is 5.70. The number of ether oxygens (including phenoxy) is 1. The Balaban J connectivity index is 2.40. The third-order valence-electron chi connectivity index (χ3n) is 2.78. The second-order valence-corrected chi connectivity index (χ2v) is 6.44. The van der Waals surface area contributed by atoms with E-state index >= 15 is 0 Å². The molecule has 1 N–H and O–H groups in total. The van der Waals surface area contributed by atoms with Crippen LogP contribution in [0.3, 0.4) is 0 Å². The molecule has 0 radical (unpaired) electrons. The van der Waals surface area contributed by atoms with Crippen molar-refractivity contribution in [1.82, 2.24) is 5.32 Å². The average molecular weight is 277 g/mol. The van der Waals surface area contributed by atoms with E-state index in [4.69, 9.17) is 4.74 Å². The van der Waals surface area contributed by atoms with Gasteiger partial charge in [-0.05, 0) is 38.3 Å². The molecule has 0 bridgehead atoms. The Morgan fingerprint density at radius 2 is 1.70 bits per heavy atom. The molecule has 0 amide bonds. The molecular weight excluding hydrogens is 250 g/mol. The lowest BCUT2D eigenvalue weighted by atomic mass is 10.1. The van der Waals surface area contributed by atoms with Crippen molar-refractivity contribution >= 4 is 5.97 Å². The highest BCUT2D eigenvalue weighted by Crippen LogP contribution is 2.11. The SMILES string of the molecule is CC(C)NCc1ccc(CCC(=O)OC(C)(C)C)cc1. The molecule has 0 aliphatic carbocycles. The van der Waals surface area contributed by atoms with Crippen molar-refractivity contribution in [3.8, 4) is 0 Å². The Morgan fingerprint density at radius 3 is 2.20 bits per heavy atom. The zero-order valence-corrected chi connectivity index (χ0v) is 13.3. The molecule has 0 atom stereocenters. The van der Waals surface area contributed by atoms with Crippen molar-refractivity contribution in [3.63, 3.8) is 0 Å². The van der Waals surface area contributed by atoms with Gasteiger partial charge in [-0.1, -0.05) is 38.1 Å². The number of hydrogen-bond donors (Lipinski definition) is 1. The molecule has 1 aromatic carbocycles. The lowest BCUT2D eigenvalue weighted by Crippen LogP contribution is -2.24. The molecule has 0 spiro atoms. The molecule has 1 aromatic rings. The molecule has 0 saturated heterocycles. The summed E-state index contributed by atoms with van der Waals surface area (Å²) in [5, 5.41) is 3.38. The van der Waals surface area contributed by atoms with Gasteiger partial charge in [0.25, 0.3) is 0 Å². The van der Waals surface area contributed by atoms with E-state index in [-0.39, 0.29) is 5.97 Å². The maximum absolute atomic E-state index is 11.6. The Hall–Kier alpha value is -1.35. The first-order chi connectivity index (χ1) is 9.26. The van der Waals surface area contributed by atoms with Gasteiger partial charge in [-0.3, -0.25) is 4.79 Å². The molecule has 20 heavy (non-hydrogen) atoms. The van der Waals surface area contributed by atoms with Crippen LogP contribution in [0.5, 0.6) is 0 Å². The molecule has 0 unspecified atom stereocenters. The van der Waals surface area contributed by atoms with Crippen LogP contribution in [0.15, 0.2) is 24.3 Å². The predicted molar refractivity (Wildman–Crippen MR) is 82.6 cm³/mol. The topological polar surface area (TPSA) is 38.3 Å². The minimum absolute atomic E-state index is 0.136. The van der Waals surface area contributed by atoms with Gasteiger partial charge in [0.2, 0.25) is 0 Å². The molecule has 3 nitrogen and oxygen atoms in total. The van der Waals surface area contributed by atoms with Gasteiger partial charge in [0.15, 0.2) is 0 Å². The van der Waals surface area contributed by atoms with Crippen LogP contribution in [-0.4, -0.2) is 17.6 Å². The standard InChI is InChI=1S/C17H27NO2/c1-13(2)18-12-15-8-6-14(7-9-15)10-11-16(19)20-17(3,4)5/h6-9,13,18H,10-12H2,1-5H3. The van der Waals surface area contributed by atoms with Crippen LogP contribution in [0.25, 0.3) is 0 Å². The predicted octanol–water partition coefficient (Wildman–Crippen LogP) is 3.46. The van der Waals surface area contributed by atoms with Crippen LogP contribution in [0.4, 0.5) is 0 Å². The first-order valence-electron chi connectivity index (χ1n) is 7.29. The van der Waals surface area contributed by atoms with Gasteiger partial charge in [0.05, 0.1) is 0 Å². The zero-order chi connectivity index (χ0) is 15.2. The van der Waals surface area contributed by atoms with Crippen molar-refractivity contribution in [1.29, 1.82) is 0 Å². The van der Waals surface area contributed by atoms with Gasteiger partial charge in [-0.2, -0.15) is 0 Å². The van der Waals surface area contributed by atoms with Crippen molar-refractivity contribution < 1.29 is 9.53 Å². The molecule has 1 rings (SSSR count). The molecule has 0 aliphatic rings. The summed E-state index contributed by atoms with van der Waals surface area (Å²) in [6.45, 7) is 10.8. The molecular formula is C17H27NO2. The van der Waals surface area contributed by atoms with E-state index in [0.29, 0.717) is 12.5 Å². The lowest BCUT2D eigenvalue weighted by molar-refractivity contribution is -0.154. The minimum Gasteiger partial charge on any atom is -0.460 e. The van der Waals surface area contributed by atoms with Gasteiger partial charge in [-0.25, -0.2) is 0 Å². The van der Waals surface area contributed by atoms with E-state index in [1.807, 2.05) is 20.8 Å². The maximum Gasteiger partial charge on any atom is 0.306 e. The van der Waals surface area contributed by atoms with E-state index in [0.717, 1.165) is 13.0 Å². The summed E-state index contributed by atoms with van der Waals surface area (Å²) in [6, 6.07) is 8.88. The Labute approximate surface area is 122 Å². The van der Waals surface area contributed by atoms with Gasteiger partial charge < -0.3 is 10.1 Å². The van der Waals surface area contributed by atoms with E-state index in [2.05, 4.69) is 43.4 Å². The largest absolute Gasteiger partial charge is 0.460 e. The Morgan fingerprint density at radius 1 is 1.15 bits per heavy atom. The first kappa shape index (κ1) is 16.7. The second-order valence-electron chi connectivity index (χ2n) is 6.44. The summed E-state index contributed by atoms with van der Waals surface area (Å²) in [5.41, 5.74) is 2.03. The van der Waals surface area contributed by atoms with Crippen LogP contribution in [-0.2, 0) is 22.5 Å². The summed E-state index contributed by atoms with van der Waals surface area (Å²) >= 11 is 0. The second kappa shape index (κ2) is 7.44. The van der Waals surface area contributed by atoms with Crippen molar-refractivity contribution in [2.45, 2.75) is 65.6 Å². The van der Waals surface area contributed by atoms with Crippen LogP contribution in [0.2, 0.25) is 0 Å². The smallest absolute Gasteiger partial charge is 0.306 e. The average Bonchev–Trinajstić information content (AvgIpc) is 2.33. The fourth-order valence-electron chi connectivity index (χ4n) is 1.78. The van der Waals surface area contributed by atoms with Crippen LogP contribution in [0, 0.1) is 0 Å². The molecule has 0 fully saturated rings. The summed E-state index contributed by atoms with van der Waals surface area (Å²) < 4.78 is 5.30. The van der Waals surface area contributed by atoms with Crippen molar-refractivity contribution in [3.05, 3.63) is 35.4 Å². The molecule has 3 heteroatoms. The highest BCUT2D eigenvalue weighted by atomic mass is 16.6. The number of esters is 1. The van der Waals surface area contributed by atoms with Gasteiger partial charge in [0.1, 0.15) is 5.60 Å². The molecule has 0 saturated carbocycles. The summed E-state index contributed by atoms with van der Waals surface area (Å²) in [4.78, 5) is 11.6. The van der Waals surface area contributed by atoms with E-state index in [9.17, 15) is 4.79 Å². The fourth-order valence-corrected chi connectivity index (χ4v) is 1.78. The summed E-state index contributed by atoms with van der Waals surface area (Å²) in [5.74, 6) is -0.136. The molecule has 112 valence electrons. The summed E-state index contributed by atoms with van der Waals surface area (Å²) in [6.07, 6.45) is 1.16. The highest BCUT2D eigenvalue weighted by Gasteiger charge is 2.15. The molecule has 0 aromatic heterocycles. The third kappa shape index (κ3) is 7.29. The monoisotopic (exact) mass is 277 g/mol. The van der Waals surface area contributed by atoms with Gasteiger partial charge in [0, 0.05) is 19.0 Å². The van der Waals surface area contributed by atoms with E-state index < -0.39 is 5.60 Å². The van der Waals surface area contributed by atoms with Crippen LogP contribution >= 0.6 is 0 Å². The molecule has 0 heterocycles. The Kier molecular flexibility index (Phi) is 6.21. The number of benzene rings is 1. The van der Waals surface area contributed by atoms with Gasteiger partial charge >= 0.3 is 5.97 Å². The third-order valence-corrected chi connectivity index (χ3v) is 2.78. The fraction of sp³-hybridized carbons (Fsp3) is 0.588. The Bertz CT molecular complexity index is 416. The first-order valence-corrected chi connectivity index (χ1v) is 7.29. The minimum atomic E-state index is -0.399.